The number of rotatable bonds is 10. The average molecular weight is 557 g/mol. The fourth-order valence-electron chi connectivity index (χ4n) is 4.40. The van der Waals surface area contributed by atoms with Gasteiger partial charge in [0.2, 0.25) is 11.8 Å². The number of nitrogens with zero attached hydrogens (tertiary/aromatic N) is 2. The topological polar surface area (TPSA) is 153 Å². The fourth-order valence-corrected chi connectivity index (χ4v) is 5.31. The van der Waals surface area contributed by atoms with Gasteiger partial charge in [0.15, 0.2) is 0 Å². The second kappa shape index (κ2) is 12.5. The van der Waals surface area contributed by atoms with E-state index in [0.717, 1.165) is 35.5 Å². The summed E-state index contributed by atoms with van der Waals surface area (Å²) in [7, 11) is -4.32. The SMILES string of the molecule is O=C(N[C@@H](Cc1ccccc1)C(=O)N1CCC[C@H]1C(=O)NCCc1cnc[nH]1)NS(=O)(=O)c1ccc(F)cc1. The third-order valence-electron chi connectivity index (χ3n) is 6.32. The Balaban J connectivity index is 1.45. The van der Waals surface area contributed by atoms with E-state index in [1.54, 1.807) is 42.9 Å². The van der Waals surface area contributed by atoms with Crippen molar-refractivity contribution in [2.75, 3.05) is 13.1 Å². The van der Waals surface area contributed by atoms with Gasteiger partial charge in [-0.25, -0.2) is 27.3 Å². The number of carbonyl (C=O) groups excluding carboxylic acids is 3. The van der Waals surface area contributed by atoms with E-state index in [2.05, 4.69) is 20.6 Å². The number of hydrogen-bond donors (Lipinski definition) is 4. The number of sulfonamides is 1. The fraction of sp³-hybridized carbons (Fsp3) is 0.308. The van der Waals surface area contributed by atoms with Crippen LogP contribution in [-0.2, 0) is 32.5 Å². The number of aromatic amines is 1. The summed E-state index contributed by atoms with van der Waals surface area (Å²) in [6, 6.07) is 9.91. The number of carbonyl (C=O) groups is 3. The van der Waals surface area contributed by atoms with Gasteiger partial charge < -0.3 is 20.5 Å². The number of amides is 4. The smallest absolute Gasteiger partial charge is 0.329 e. The Kier molecular flexibility index (Phi) is 8.92. The zero-order valence-corrected chi connectivity index (χ0v) is 21.8. The van der Waals surface area contributed by atoms with Crippen molar-refractivity contribution in [1.82, 2.24) is 30.2 Å². The Morgan fingerprint density at radius 1 is 1.10 bits per heavy atom. The lowest BCUT2D eigenvalue weighted by Gasteiger charge is -2.29. The van der Waals surface area contributed by atoms with Crippen LogP contribution in [0.2, 0.25) is 0 Å². The van der Waals surface area contributed by atoms with Crippen LogP contribution in [0.15, 0.2) is 72.0 Å². The van der Waals surface area contributed by atoms with Gasteiger partial charge in [0.05, 0.1) is 11.2 Å². The predicted molar refractivity (Wildman–Crippen MR) is 139 cm³/mol. The maximum absolute atomic E-state index is 13.6. The number of likely N-dealkylation sites (tertiary alicyclic amines) is 1. The molecule has 0 radical (unpaired) electrons. The van der Waals surface area contributed by atoms with E-state index < -0.39 is 39.9 Å². The minimum Gasteiger partial charge on any atom is -0.354 e. The average Bonchev–Trinajstić information content (AvgIpc) is 3.61. The molecule has 11 nitrogen and oxygen atoms in total. The molecule has 1 aliphatic heterocycles. The highest BCUT2D eigenvalue weighted by Gasteiger charge is 2.38. The van der Waals surface area contributed by atoms with Crippen molar-refractivity contribution in [1.29, 1.82) is 0 Å². The van der Waals surface area contributed by atoms with E-state index in [0.29, 0.717) is 32.4 Å². The summed E-state index contributed by atoms with van der Waals surface area (Å²) in [4.78, 5) is 47.3. The van der Waals surface area contributed by atoms with Gasteiger partial charge in [-0.3, -0.25) is 9.59 Å². The van der Waals surface area contributed by atoms with Crippen molar-refractivity contribution >= 4 is 27.9 Å². The van der Waals surface area contributed by atoms with Crippen molar-refractivity contribution < 1.29 is 27.2 Å². The van der Waals surface area contributed by atoms with Gasteiger partial charge in [-0.1, -0.05) is 30.3 Å². The van der Waals surface area contributed by atoms with E-state index in [1.165, 1.54) is 4.90 Å². The number of nitrogens with one attached hydrogen (secondary N) is 4. The van der Waals surface area contributed by atoms with Crippen molar-refractivity contribution in [3.8, 4) is 0 Å². The van der Waals surface area contributed by atoms with E-state index in [1.807, 2.05) is 4.72 Å². The highest BCUT2D eigenvalue weighted by Crippen LogP contribution is 2.20. The third kappa shape index (κ3) is 7.41. The molecule has 39 heavy (non-hydrogen) atoms. The van der Waals surface area contributed by atoms with E-state index in [-0.39, 0.29) is 17.2 Å². The summed E-state index contributed by atoms with van der Waals surface area (Å²) in [5.41, 5.74) is 1.60. The van der Waals surface area contributed by atoms with E-state index in [9.17, 15) is 27.2 Å². The Labute approximate surface area is 225 Å². The molecule has 2 heterocycles. The van der Waals surface area contributed by atoms with E-state index in [4.69, 9.17) is 0 Å². The predicted octanol–water partition coefficient (Wildman–Crippen LogP) is 1.50. The lowest BCUT2D eigenvalue weighted by atomic mass is 10.0. The monoisotopic (exact) mass is 556 g/mol. The summed E-state index contributed by atoms with van der Waals surface area (Å²) in [5, 5.41) is 5.31. The number of benzene rings is 2. The number of hydrogen-bond acceptors (Lipinski definition) is 6. The van der Waals surface area contributed by atoms with Crippen LogP contribution in [0.4, 0.5) is 9.18 Å². The van der Waals surface area contributed by atoms with Gasteiger partial charge in [0, 0.05) is 37.8 Å². The molecule has 1 aromatic heterocycles. The summed E-state index contributed by atoms with van der Waals surface area (Å²) < 4.78 is 40.3. The molecule has 0 aliphatic carbocycles. The van der Waals surface area contributed by atoms with Crippen LogP contribution in [0.25, 0.3) is 0 Å². The number of H-pyrrole nitrogens is 1. The second-order valence-corrected chi connectivity index (χ2v) is 10.8. The Bertz CT molecular complexity index is 1380. The first-order valence-electron chi connectivity index (χ1n) is 12.4. The molecule has 4 N–H and O–H groups in total. The summed E-state index contributed by atoms with van der Waals surface area (Å²) in [5.74, 6) is -1.43. The number of aromatic nitrogens is 2. The van der Waals surface area contributed by atoms with E-state index >= 15 is 0 Å². The largest absolute Gasteiger partial charge is 0.354 e. The van der Waals surface area contributed by atoms with Crippen molar-refractivity contribution in [2.24, 2.45) is 0 Å². The molecular formula is C26H29FN6O5S. The normalized spacial score (nSPS) is 15.9. The van der Waals surface area contributed by atoms with Gasteiger partial charge in [0.25, 0.3) is 10.0 Å². The highest BCUT2D eigenvalue weighted by atomic mass is 32.2. The molecule has 0 unspecified atom stereocenters. The van der Waals surface area contributed by atoms with Crippen LogP contribution in [0.1, 0.15) is 24.1 Å². The molecule has 1 saturated heterocycles. The molecule has 2 atom stereocenters. The van der Waals surface area contributed by atoms with Crippen LogP contribution in [0.5, 0.6) is 0 Å². The molecule has 2 aromatic carbocycles. The van der Waals surface area contributed by atoms with Crippen molar-refractivity contribution in [2.45, 2.75) is 42.7 Å². The zero-order valence-electron chi connectivity index (χ0n) is 21.0. The minimum atomic E-state index is -4.32. The van der Waals surface area contributed by atoms with Crippen LogP contribution < -0.4 is 15.4 Å². The van der Waals surface area contributed by atoms with Gasteiger partial charge in [-0.15, -0.1) is 0 Å². The minimum absolute atomic E-state index is 0.0777. The first-order valence-corrected chi connectivity index (χ1v) is 13.9. The number of halogens is 1. The first kappa shape index (κ1) is 27.8. The molecule has 0 saturated carbocycles. The van der Waals surface area contributed by atoms with Crippen LogP contribution in [0.3, 0.4) is 0 Å². The Morgan fingerprint density at radius 3 is 2.54 bits per heavy atom. The number of urea groups is 1. The molecule has 206 valence electrons. The van der Waals surface area contributed by atoms with Crippen molar-refractivity contribution in [3.05, 3.63) is 84.2 Å². The maximum Gasteiger partial charge on any atom is 0.329 e. The Hall–Kier alpha value is -4.26. The molecule has 1 aliphatic rings. The van der Waals surface area contributed by atoms with Crippen LogP contribution >= 0.6 is 0 Å². The molecule has 0 spiro atoms. The lowest BCUT2D eigenvalue weighted by molar-refractivity contribution is -0.139. The number of imidazole rings is 1. The van der Waals surface area contributed by atoms with Gasteiger partial charge in [-0.2, -0.15) is 0 Å². The highest BCUT2D eigenvalue weighted by molar-refractivity contribution is 7.90. The Morgan fingerprint density at radius 2 is 1.85 bits per heavy atom. The quantitative estimate of drug-likeness (QED) is 0.297. The van der Waals surface area contributed by atoms with Gasteiger partial charge in [-0.05, 0) is 42.7 Å². The first-order chi connectivity index (χ1) is 18.7. The summed E-state index contributed by atoms with van der Waals surface area (Å²) in [6.45, 7) is 0.675. The maximum atomic E-state index is 13.6. The summed E-state index contributed by atoms with van der Waals surface area (Å²) >= 11 is 0. The molecule has 1 fully saturated rings. The standard InChI is InChI=1S/C26H29FN6O5S/c27-19-8-10-21(11-9-19)39(37,38)32-26(36)31-22(15-18-5-2-1-3-6-18)25(35)33-14-4-7-23(33)24(34)29-13-12-20-16-28-17-30-20/h1-3,5-6,8-11,16-17,22-23H,4,7,12-15H2,(H,28,30)(H,29,34)(H2,31,32,36)/t22-,23-/m0/s1. The summed E-state index contributed by atoms with van der Waals surface area (Å²) in [6.07, 6.45) is 4.91. The molecule has 4 rings (SSSR count). The van der Waals surface area contributed by atoms with Crippen LogP contribution in [-0.4, -0.2) is 66.3 Å². The molecular weight excluding hydrogens is 527 g/mol. The van der Waals surface area contributed by atoms with Crippen LogP contribution in [0, 0.1) is 5.82 Å². The second-order valence-electron chi connectivity index (χ2n) is 9.08. The van der Waals surface area contributed by atoms with Gasteiger partial charge >= 0.3 is 6.03 Å². The van der Waals surface area contributed by atoms with Crippen molar-refractivity contribution in [3.63, 3.8) is 0 Å². The lowest BCUT2D eigenvalue weighted by Crippen LogP contribution is -2.56. The molecule has 4 amide bonds. The van der Waals surface area contributed by atoms with Gasteiger partial charge in [0.1, 0.15) is 17.9 Å². The zero-order chi connectivity index (χ0) is 27.8. The molecule has 0 bridgehead atoms. The third-order valence-corrected chi connectivity index (χ3v) is 7.67. The molecule has 13 heteroatoms. The molecule has 3 aromatic rings.